The number of H-pyrrole nitrogens is 1. The minimum atomic E-state index is -2.50. The Balaban J connectivity index is 2.18. The van der Waals surface area contributed by atoms with Crippen molar-refractivity contribution in [2.45, 2.75) is 19.4 Å². The van der Waals surface area contributed by atoms with Crippen molar-refractivity contribution in [3.8, 4) is 0 Å². The van der Waals surface area contributed by atoms with Gasteiger partial charge in [0.1, 0.15) is 18.8 Å². The second-order valence-electron chi connectivity index (χ2n) is 3.40. The van der Waals surface area contributed by atoms with Crippen molar-refractivity contribution in [2.75, 3.05) is 20.3 Å². The number of hydrogen-bond acceptors (Lipinski definition) is 4. The molecule has 0 spiro atoms. The van der Waals surface area contributed by atoms with Crippen LogP contribution in [0.1, 0.15) is 12.2 Å². The molecular formula is C9H14F2N4O2. The summed E-state index contributed by atoms with van der Waals surface area (Å²) in [5, 5.41) is 6.27. The largest absolute Gasteiger partial charge is 0.375 e. The first-order valence-electron chi connectivity index (χ1n) is 5.03. The molecule has 8 heteroatoms. The van der Waals surface area contributed by atoms with Crippen molar-refractivity contribution in [1.29, 1.82) is 0 Å². The molecular weight excluding hydrogens is 234 g/mol. The van der Waals surface area contributed by atoms with Gasteiger partial charge in [0.15, 0.2) is 0 Å². The highest BCUT2D eigenvalue weighted by atomic mass is 19.3. The van der Waals surface area contributed by atoms with Gasteiger partial charge < -0.3 is 9.64 Å². The van der Waals surface area contributed by atoms with Crippen LogP contribution in [0.4, 0.5) is 8.78 Å². The van der Waals surface area contributed by atoms with Crippen molar-refractivity contribution < 1.29 is 18.3 Å². The molecule has 1 aromatic rings. The van der Waals surface area contributed by atoms with Crippen molar-refractivity contribution >= 4 is 5.91 Å². The maximum Gasteiger partial charge on any atom is 0.261 e. The maximum absolute atomic E-state index is 11.7. The zero-order valence-electron chi connectivity index (χ0n) is 9.40. The quantitative estimate of drug-likeness (QED) is 0.710. The first-order valence-corrected chi connectivity index (χ1v) is 5.03. The van der Waals surface area contributed by atoms with E-state index in [2.05, 4.69) is 19.9 Å². The molecule has 1 amide bonds. The van der Waals surface area contributed by atoms with Crippen molar-refractivity contribution in [3.63, 3.8) is 0 Å². The van der Waals surface area contributed by atoms with Crippen LogP contribution >= 0.6 is 0 Å². The molecule has 0 bridgehead atoms. The van der Waals surface area contributed by atoms with E-state index in [0.717, 1.165) is 0 Å². The number of nitrogens with one attached hydrogen (secondary N) is 1. The summed E-state index contributed by atoms with van der Waals surface area (Å²) >= 11 is 0. The van der Waals surface area contributed by atoms with Gasteiger partial charge in [0, 0.05) is 7.05 Å². The van der Waals surface area contributed by atoms with Crippen LogP contribution in [0.3, 0.4) is 0 Å². The van der Waals surface area contributed by atoms with E-state index in [1.807, 2.05) is 0 Å². The molecule has 17 heavy (non-hydrogen) atoms. The van der Waals surface area contributed by atoms with E-state index in [0.29, 0.717) is 12.4 Å². The number of aromatic nitrogens is 3. The van der Waals surface area contributed by atoms with E-state index in [-0.39, 0.29) is 18.9 Å². The van der Waals surface area contributed by atoms with Crippen LogP contribution in [0.5, 0.6) is 0 Å². The Kier molecular flexibility index (Phi) is 5.47. The summed E-state index contributed by atoms with van der Waals surface area (Å²) in [7, 11) is 1.60. The summed E-state index contributed by atoms with van der Waals surface area (Å²) in [4.78, 5) is 16.8. The van der Waals surface area contributed by atoms with Gasteiger partial charge in [-0.3, -0.25) is 9.89 Å². The van der Waals surface area contributed by atoms with E-state index >= 15 is 0 Å². The van der Waals surface area contributed by atoms with E-state index in [4.69, 9.17) is 0 Å². The van der Waals surface area contributed by atoms with Crippen LogP contribution in [0, 0.1) is 0 Å². The average molecular weight is 248 g/mol. The predicted octanol–water partition coefficient (Wildman–Crippen LogP) is 0.435. The third-order valence-electron chi connectivity index (χ3n) is 1.98. The van der Waals surface area contributed by atoms with Crippen LogP contribution in [-0.2, 0) is 16.1 Å². The molecule has 0 saturated heterocycles. The zero-order chi connectivity index (χ0) is 12.7. The van der Waals surface area contributed by atoms with Crippen LogP contribution in [-0.4, -0.2) is 52.7 Å². The van der Waals surface area contributed by atoms with E-state index in [9.17, 15) is 13.6 Å². The summed E-state index contributed by atoms with van der Waals surface area (Å²) in [6, 6.07) is 0. The fourth-order valence-electron chi connectivity index (χ4n) is 1.14. The van der Waals surface area contributed by atoms with Crippen LogP contribution < -0.4 is 0 Å². The van der Waals surface area contributed by atoms with Crippen molar-refractivity contribution in [3.05, 3.63) is 12.2 Å². The lowest BCUT2D eigenvalue weighted by Gasteiger charge is -2.15. The molecule has 0 saturated carbocycles. The van der Waals surface area contributed by atoms with Gasteiger partial charge in [-0.25, -0.2) is 13.8 Å². The van der Waals surface area contributed by atoms with Gasteiger partial charge in [0.2, 0.25) is 5.91 Å². The lowest BCUT2D eigenvalue weighted by atomic mass is 10.4. The Labute approximate surface area is 97.0 Å². The number of halogens is 2. The summed E-state index contributed by atoms with van der Waals surface area (Å²) < 4.78 is 28.1. The maximum atomic E-state index is 11.7. The Morgan fingerprint density at radius 3 is 3.00 bits per heavy atom. The molecule has 0 aliphatic rings. The Morgan fingerprint density at radius 2 is 2.41 bits per heavy atom. The normalized spacial score (nSPS) is 10.8. The second-order valence-corrected chi connectivity index (χ2v) is 3.40. The number of amides is 1. The molecule has 1 rings (SSSR count). The molecule has 96 valence electrons. The molecule has 1 aromatic heterocycles. The number of carbonyl (C=O) groups excluding carboxylic acids is 1. The SMILES string of the molecule is CN(Cc1ncn[nH]1)C(=O)CCOCC(F)F. The smallest absolute Gasteiger partial charge is 0.261 e. The van der Waals surface area contributed by atoms with Gasteiger partial charge >= 0.3 is 0 Å². The molecule has 1 N–H and O–H groups in total. The van der Waals surface area contributed by atoms with E-state index in [1.54, 1.807) is 7.05 Å². The summed E-state index contributed by atoms with van der Waals surface area (Å²) in [6.45, 7) is -0.350. The Hall–Kier alpha value is -1.57. The number of alkyl halides is 2. The number of hydrogen-bond donors (Lipinski definition) is 1. The van der Waals surface area contributed by atoms with Gasteiger partial charge in [0.05, 0.1) is 19.6 Å². The Morgan fingerprint density at radius 1 is 1.65 bits per heavy atom. The molecule has 0 fully saturated rings. The van der Waals surface area contributed by atoms with Crippen LogP contribution in [0.2, 0.25) is 0 Å². The first kappa shape index (κ1) is 13.5. The van der Waals surface area contributed by atoms with Gasteiger partial charge in [-0.2, -0.15) is 5.10 Å². The predicted molar refractivity (Wildman–Crippen MR) is 54.3 cm³/mol. The minimum absolute atomic E-state index is 0.0100. The van der Waals surface area contributed by atoms with Gasteiger partial charge in [-0.1, -0.05) is 0 Å². The highest BCUT2D eigenvalue weighted by Crippen LogP contribution is 1.99. The van der Waals surface area contributed by atoms with Gasteiger partial charge in [0.25, 0.3) is 6.43 Å². The fraction of sp³-hybridized carbons (Fsp3) is 0.667. The van der Waals surface area contributed by atoms with Crippen molar-refractivity contribution in [1.82, 2.24) is 20.1 Å². The topological polar surface area (TPSA) is 71.1 Å². The van der Waals surface area contributed by atoms with E-state index in [1.165, 1.54) is 11.2 Å². The van der Waals surface area contributed by atoms with Crippen LogP contribution in [0.25, 0.3) is 0 Å². The summed E-state index contributed by atoms with van der Waals surface area (Å²) in [5.41, 5.74) is 0. The minimum Gasteiger partial charge on any atom is -0.375 e. The molecule has 0 aliphatic carbocycles. The molecule has 1 heterocycles. The highest BCUT2D eigenvalue weighted by Gasteiger charge is 2.11. The molecule has 0 unspecified atom stereocenters. The number of aromatic amines is 1. The third-order valence-corrected chi connectivity index (χ3v) is 1.98. The number of carbonyl (C=O) groups is 1. The summed E-state index contributed by atoms with van der Waals surface area (Å²) in [6.07, 6.45) is -1.09. The summed E-state index contributed by atoms with van der Waals surface area (Å²) in [5.74, 6) is 0.366. The standard InChI is InChI=1S/C9H14F2N4O2/c1-15(4-8-12-6-13-14-8)9(16)2-3-17-5-7(10)11/h6-7H,2-5H2,1H3,(H,12,13,14). The van der Waals surface area contributed by atoms with E-state index < -0.39 is 13.0 Å². The molecule has 0 aliphatic heterocycles. The number of rotatable bonds is 7. The Bertz CT molecular complexity index is 332. The molecule has 0 aromatic carbocycles. The number of nitrogens with zero attached hydrogens (tertiary/aromatic N) is 3. The lowest BCUT2D eigenvalue weighted by Crippen LogP contribution is -2.27. The van der Waals surface area contributed by atoms with Gasteiger partial charge in [-0.05, 0) is 0 Å². The highest BCUT2D eigenvalue weighted by molar-refractivity contribution is 5.75. The first-order chi connectivity index (χ1) is 8.09. The third kappa shape index (κ3) is 5.34. The molecule has 6 nitrogen and oxygen atoms in total. The monoisotopic (exact) mass is 248 g/mol. The molecule has 0 radical (unpaired) electrons. The lowest BCUT2D eigenvalue weighted by molar-refractivity contribution is -0.132. The van der Waals surface area contributed by atoms with Gasteiger partial charge in [-0.15, -0.1) is 0 Å². The molecule has 0 atom stereocenters. The average Bonchev–Trinajstić information content (AvgIpc) is 2.76. The second kappa shape index (κ2) is 6.89. The fourth-order valence-corrected chi connectivity index (χ4v) is 1.14. The van der Waals surface area contributed by atoms with Crippen LogP contribution in [0.15, 0.2) is 6.33 Å². The zero-order valence-corrected chi connectivity index (χ0v) is 9.40. The van der Waals surface area contributed by atoms with Crippen molar-refractivity contribution in [2.24, 2.45) is 0 Å². The number of ether oxygens (including phenoxy) is 1.